The Bertz CT molecular complexity index is 318. The summed E-state index contributed by atoms with van der Waals surface area (Å²) in [6.07, 6.45) is 3.39. The zero-order valence-electron chi connectivity index (χ0n) is 8.59. The van der Waals surface area contributed by atoms with E-state index in [1.54, 1.807) is 0 Å². The second kappa shape index (κ2) is 4.01. The number of hydrogen-bond donors (Lipinski definition) is 2. The molecule has 1 saturated heterocycles. The molecule has 0 bridgehead atoms. The van der Waals surface area contributed by atoms with Gasteiger partial charge in [0, 0.05) is 11.6 Å². The Hall–Kier alpha value is -1.02. The van der Waals surface area contributed by atoms with Gasteiger partial charge in [0.1, 0.15) is 5.75 Å². The minimum absolute atomic E-state index is 0.381. The van der Waals surface area contributed by atoms with Gasteiger partial charge >= 0.3 is 0 Å². The number of nitrogens with one attached hydrogen (secondary N) is 1. The van der Waals surface area contributed by atoms with Crippen molar-refractivity contribution in [2.24, 2.45) is 0 Å². The number of phenolic OH excluding ortho intramolecular Hbond substituents is 1. The average molecular weight is 191 g/mol. The summed E-state index contributed by atoms with van der Waals surface area (Å²) in [5.41, 5.74) is 2.40. The summed E-state index contributed by atoms with van der Waals surface area (Å²) in [5.74, 6) is 0.432. The zero-order chi connectivity index (χ0) is 9.97. The summed E-state index contributed by atoms with van der Waals surface area (Å²) in [7, 11) is 0. The molecule has 1 fully saturated rings. The fourth-order valence-electron chi connectivity index (χ4n) is 1.88. The van der Waals surface area contributed by atoms with Crippen LogP contribution in [0.15, 0.2) is 18.2 Å². The summed E-state index contributed by atoms with van der Waals surface area (Å²) in [4.78, 5) is 0. The molecule has 0 spiro atoms. The molecule has 2 heteroatoms. The van der Waals surface area contributed by atoms with Gasteiger partial charge < -0.3 is 10.4 Å². The lowest BCUT2D eigenvalue weighted by atomic mass is 9.94. The number of benzene rings is 1. The number of aryl methyl sites for hydroxylation is 1. The lowest BCUT2D eigenvalue weighted by Gasteiger charge is -2.28. The highest BCUT2D eigenvalue weighted by Crippen LogP contribution is 2.31. The quantitative estimate of drug-likeness (QED) is 0.768. The molecule has 1 heterocycles. The Kier molecular flexibility index (Phi) is 2.73. The van der Waals surface area contributed by atoms with Gasteiger partial charge in [0.05, 0.1) is 0 Å². The van der Waals surface area contributed by atoms with Crippen LogP contribution in [0, 0.1) is 0 Å². The normalized spacial score (nSPS) is 20.5. The molecule has 1 aromatic carbocycles. The molecule has 0 saturated carbocycles. The first-order valence-corrected chi connectivity index (χ1v) is 5.36. The van der Waals surface area contributed by atoms with Crippen LogP contribution in [-0.2, 0) is 6.42 Å². The minimum atomic E-state index is 0.381. The maximum atomic E-state index is 9.70. The van der Waals surface area contributed by atoms with Crippen LogP contribution in [0.5, 0.6) is 5.75 Å². The molecular weight excluding hydrogens is 174 g/mol. The van der Waals surface area contributed by atoms with E-state index in [0.29, 0.717) is 11.8 Å². The van der Waals surface area contributed by atoms with Gasteiger partial charge in [-0.15, -0.1) is 0 Å². The summed E-state index contributed by atoms with van der Waals surface area (Å²) in [6.45, 7) is 3.25. The van der Waals surface area contributed by atoms with E-state index in [1.807, 2.05) is 12.1 Å². The number of hydrogen-bond acceptors (Lipinski definition) is 2. The number of rotatable bonds is 3. The first kappa shape index (κ1) is 9.53. The Labute approximate surface area is 85.0 Å². The number of aromatic hydroxyl groups is 1. The van der Waals surface area contributed by atoms with Gasteiger partial charge in [-0.05, 0) is 31.0 Å². The molecule has 1 aliphatic heterocycles. The van der Waals surface area contributed by atoms with Gasteiger partial charge in [0.25, 0.3) is 0 Å². The van der Waals surface area contributed by atoms with Crippen LogP contribution < -0.4 is 5.32 Å². The lowest BCUT2D eigenvalue weighted by Crippen LogP contribution is -2.35. The zero-order valence-corrected chi connectivity index (χ0v) is 8.59. The van der Waals surface area contributed by atoms with Gasteiger partial charge in [0.2, 0.25) is 0 Å². The third-order valence-electron chi connectivity index (χ3n) is 2.83. The molecule has 2 nitrogen and oxygen atoms in total. The van der Waals surface area contributed by atoms with E-state index in [1.165, 1.54) is 5.56 Å². The lowest BCUT2D eigenvalue weighted by molar-refractivity contribution is 0.364. The van der Waals surface area contributed by atoms with Crippen molar-refractivity contribution in [3.63, 3.8) is 0 Å². The van der Waals surface area contributed by atoms with E-state index in [2.05, 4.69) is 18.3 Å². The third-order valence-corrected chi connectivity index (χ3v) is 2.83. The van der Waals surface area contributed by atoms with Crippen molar-refractivity contribution in [2.45, 2.75) is 32.2 Å². The molecule has 0 aromatic heterocycles. The highest BCUT2D eigenvalue weighted by molar-refractivity contribution is 5.39. The molecular formula is C12H17NO. The first-order chi connectivity index (χ1) is 6.81. The van der Waals surface area contributed by atoms with Crippen LogP contribution in [0.3, 0.4) is 0 Å². The molecule has 1 aliphatic rings. The Morgan fingerprint density at radius 3 is 2.86 bits per heavy atom. The smallest absolute Gasteiger partial charge is 0.120 e. The largest absolute Gasteiger partial charge is 0.508 e. The fourth-order valence-corrected chi connectivity index (χ4v) is 1.88. The predicted molar refractivity (Wildman–Crippen MR) is 57.5 cm³/mol. The monoisotopic (exact) mass is 191 g/mol. The standard InChI is InChI=1S/C12H17NO/c1-2-3-9-4-5-12(14)10(8-9)11-6-7-13-11/h4-5,8,11,13-14H,2-3,6-7H2,1H3/t11-/m1/s1. The molecule has 14 heavy (non-hydrogen) atoms. The summed E-state index contributed by atoms with van der Waals surface area (Å²) in [5, 5.41) is 13.0. The Morgan fingerprint density at radius 2 is 2.29 bits per heavy atom. The van der Waals surface area contributed by atoms with Crippen molar-refractivity contribution in [2.75, 3.05) is 6.54 Å². The van der Waals surface area contributed by atoms with Crippen molar-refractivity contribution >= 4 is 0 Å². The maximum Gasteiger partial charge on any atom is 0.120 e. The second-order valence-electron chi connectivity index (χ2n) is 3.94. The van der Waals surface area contributed by atoms with Crippen LogP contribution in [0.1, 0.15) is 36.9 Å². The first-order valence-electron chi connectivity index (χ1n) is 5.36. The van der Waals surface area contributed by atoms with Crippen LogP contribution in [0.25, 0.3) is 0 Å². The molecule has 76 valence electrons. The van der Waals surface area contributed by atoms with E-state index in [-0.39, 0.29) is 0 Å². The summed E-state index contributed by atoms with van der Waals surface area (Å²) in [6, 6.07) is 6.35. The van der Waals surface area contributed by atoms with Crippen molar-refractivity contribution in [3.8, 4) is 5.75 Å². The topological polar surface area (TPSA) is 32.3 Å². The second-order valence-corrected chi connectivity index (χ2v) is 3.94. The van der Waals surface area contributed by atoms with Crippen molar-refractivity contribution in [1.29, 1.82) is 0 Å². The predicted octanol–water partition coefficient (Wildman–Crippen LogP) is 2.38. The molecule has 2 N–H and O–H groups in total. The van der Waals surface area contributed by atoms with Gasteiger partial charge in [-0.25, -0.2) is 0 Å². The van der Waals surface area contributed by atoms with E-state index in [9.17, 15) is 5.11 Å². The molecule has 1 aromatic rings. The van der Waals surface area contributed by atoms with Crippen molar-refractivity contribution < 1.29 is 5.11 Å². The van der Waals surface area contributed by atoms with E-state index in [0.717, 1.165) is 31.4 Å². The van der Waals surface area contributed by atoms with Gasteiger partial charge in [-0.3, -0.25) is 0 Å². The molecule has 0 aliphatic carbocycles. The van der Waals surface area contributed by atoms with Crippen LogP contribution >= 0.6 is 0 Å². The van der Waals surface area contributed by atoms with Crippen LogP contribution in [0.4, 0.5) is 0 Å². The molecule has 0 amide bonds. The molecule has 2 rings (SSSR count). The Morgan fingerprint density at radius 1 is 1.50 bits per heavy atom. The average Bonchev–Trinajstić information content (AvgIpc) is 2.08. The van der Waals surface area contributed by atoms with Crippen LogP contribution in [0.2, 0.25) is 0 Å². The molecule has 0 radical (unpaired) electrons. The summed E-state index contributed by atoms with van der Waals surface area (Å²) < 4.78 is 0. The van der Waals surface area contributed by atoms with Crippen LogP contribution in [-0.4, -0.2) is 11.7 Å². The molecule has 1 atom stereocenters. The Balaban J connectivity index is 2.22. The summed E-state index contributed by atoms with van der Waals surface area (Å²) >= 11 is 0. The van der Waals surface area contributed by atoms with Crippen molar-refractivity contribution in [3.05, 3.63) is 29.3 Å². The maximum absolute atomic E-state index is 9.70. The van der Waals surface area contributed by atoms with E-state index < -0.39 is 0 Å². The van der Waals surface area contributed by atoms with Gasteiger partial charge in [0.15, 0.2) is 0 Å². The van der Waals surface area contributed by atoms with E-state index in [4.69, 9.17) is 0 Å². The highest BCUT2D eigenvalue weighted by Gasteiger charge is 2.21. The van der Waals surface area contributed by atoms with Crippen molar-refractivity contribution in [1.82, 2.24) is 5.32 Å². The molecule has 0 unspecified atom stereocenters. The highest BCUT2D eigenvalue weighted by atomic mass is 16.3. The number of phenols is 1. The van der Waals surface area contributed by atoms with E-state index >= 15 is 0 Å². The van der Waals surface area contributed by atoms with Gasteiger partial charge in [-0.1, -0.05) is 25.5 Å². The fraction of sp³-hybridized carbons (Fsp3) is 0.500. The minimum Gasteiger partial charge on any atom is -0.508 e. The third kappa shape index (κ3) is 1.75. The SMILES string of the molecule is CCCc1ccc(O)c([C@H]2CCN2)c1. The van der Waals surface area contributed by atoms with Gasteiger partial charge in [-0.2, -0.15) is 0 Å².